The molecule has 0 fully saturated rings. The third-order valence-electron chi connectivity index (χ3n) is 6.27. The molecule has 0 atom stereocenters. The maximum Gasteiger partial charge on any atom is 0.242 e. The van der Waals surface area contributed by atoms with Crippen LogP contribution in [0.1, 0.15) is 44.2 Å². The average molecular weight is 463 g/mol. The minimum atomic E-state index is -0.00516. The van der Waals surface area contributed by atoms with Crippen LogP contribution in [0.5, 0.6) is 0 Å². The van der Waals surface area contributed by atoms with E-state index in [-0.39, 0.29) is 18.4 Å². The SMILES string of the molecule is CCCCN(CC(=O)N(CCc1c[nH]c2ccccc12)Cc1ccc(N(C)C)cc1)C(=O)CC. The smallest absolute Gasteiger partial charge is 0.242 e. The Morgan fingerprint density at radius 3 is 2.29 bits per heavy atom. The quantitative estimate of drug-likeness (QED) is 0.419. The minimum absolute atomic E-state index is 0.00516. The number of carbonyl (C=O) groups excluding carboxylic acids is 2. The summed E-state index contributed by atoms with van der Waals surface area (Å²) in [5.74, 6) is 0.0307. The lowest BCUT2D eigenvalue weighted by Gasteiger charge is -2.28. The number of nitrogens with zero attached hydrogens (tertiary/aromatic N) is 3. The van der Waals surface area contributed by atoms with Crippen LogP contribution in [0.25, 0.3) is 10.9 Å². The molecule has 0 aliphatic heterocycles. The van der Waals surface area contributed by atoms with Crippen LogP contribution in [-0.4, -0.2) is 60.3 Å². The number of para-hydroxylation sites is 1. The predicted molar refractivity (Wildman–Crippen MR) is 140 cm³/mol. The first-order chi connectivity index (χ1) is 16.4. The van der Waals surface area contributed by atoms with Gasteiger partial charge < -0.3 is 19.7 Å². The van der Waals surface area contributed by atoms with Gasteiger partial charge in [-0.2, -0.15) is 0 Å². The normalized spacial score (nSPS) is 10.9. The molecule has 0 radical (unpaired) electrons. The summed E-state index contributed by atoms with van der Waals surface area (Å²) < 4.78 is 0. The number of hydrogen-bond acceptors (Lipinski definition) is 3. The van der Waals surface area contributed by atoms with E-state index in [4.69, 9.17) is 0 Å². The number of benzene rings is 2. The van der Waals surface area contributed by atoms with Crippen LogP contribution in [0.4, 0.5) is 5.69 Å². The Morgan fingerprint density at radius 1 is 0.882 bits per heavy atom. The van der Waals surface area contributed by atoms with E-state index in [2.05, 4.69) is 53.2 Å². The molecule has 0 saturated heterocycles. The molecule has 6 heteroatoms. The van der Waals surface area contributed by atoms with E-state index in [0.29, 0.717) is 26.1 Å². The van der Waals surface area contributed by atoms with Crippen molar-refractivity contribution in [3.05, 3.63) is 65.9 Å². The van der Waals surface area contributed by atoms with Crippen LogP contribution in [0.3, 0.4) is 0 Å². The van der Waals surface area contributed by atoms with E-state index in [1.54, 1.807) is 4.90 Å². The highest BCUT2D eigenvalue weighted by Crippen LogP contribution is 2.19. The molecule has 2 aromatic carbocycles. The molecule has 1 N–H and O–H groups in total. The number of H-pyrrole nitrogens is 1. The summed E-state index contributed by atoms with van der Waals surface area (Å²) >= 11 is 0. The molecule has 2 amide bonds. The maximum absolute atomic E-state index is 13.5. The first-order valence-corrected chi connectivity index (χ1v) is 12.3. The summed E-state index contributed by atoms with van der Waals surface area (Å²) in [5, 5.41) is 1.19. The number of nitrogens with one attached hydrogen (secondary N) is 1. The predicted octanol–water partition coefficient (Wildman–Crippen LogP) is 4.84. The number of hydrogen-bond donors (Lipinski definition) is 1. The Labute approximate surface area is 203 Å². The Morgan fingerprint density at radius 2 is 1.62 bits per heavy atom. The summed E-state index contributed by atoms with van der Waals surface area (Å²) in [6, 6.07) is 16.5. The van der Waals surface area contributed by atoms with E-state index < -0.39 is 0 Å². The molecule has 0 spiro atoms. The average Bonchev–Trinajstić information content (AvgIpc) is 3.27. The van der Waals surface area contributed by atoms with Gasteiger partial charge in [-0.3, -0.25) is 9.59 Å². The minimum Gasteiger partial charge on any atom is -0.378 e. The summed E-state index contributed by atoms with van der Waals surface area (Å²) in [6.07, 6.45) is 5.10. The molecular formula is C28H38N4O2. The van der Waals surface area contributed by atoms with Crippen LogP contribution in [0.15, 0.2) is 54.7 Å². The molecule has 0 unspecified atom stereocenters. The zero-order chi connectivity index (χ0) is 24.5. The monoisotopic (exact) mass is 462 g/mol. The van der Waals surface area contributed by atoms with Crippen LogP contribution >= 0.6 is 0 Å². The highest BCUT2D eigenvalue weighted by Gasteiger charge is 2.21. The number of rotatable bonds is 12. The van der Waals surface area contributed by atoms with Gasteiger partial charge in [-0.25, -0.2) is 0 Å². The standard InChI is InChI=1S/C28H38N4O2/c1-5-7-17-31(27(33)6-2)21-28(34)32(20-22-12-14-24(15-13-22)30(3)4)18-16-23-19-29-26-11-9-8-10-25(23)26/h8-15,19,29H,5-7,16-18,20-21H2,1-4H3. The Balaban J connectivity index is 1.77. The van der Waals surface area contributed by atoms with Gasteiger partial charge in [0.15, 0.2) is 0 Å². The molecule has 6 nitrogen and oxygen atoms in total. The van der Waals surface area contributed by atoms with Crippen molar-refractivity contribution < 1.29 is 9.59 Å². The van der Waals surface area contributed by atoms with Crippen molar-refractivity contribution in [2.45, 2.75) is 46.1 Å². The van der Waals surface area contributed by atoms with E-state index in [9.17, 15) is 9.59 Å². The second kappa shape index (κ2) is 12.3. The van der Waals surface area contributed by atoms with Crippen molar-refractivity contribution in [2.24, 2.45) is 0 Å². The van der Waals surface area contributed by atoms with Gasteiger partial charge >= 0.3 is 0 Å². The molecule has 0 bridgehead atoms. The van der Waals surface area contributed by atoms with Crippen molar-refractivity contribution >= 4 is 28.4 Å². The lowest BCUT2D eigenvalue weighted by molar-refractivity contribution is -0.140. The Bertz CT molecular complexity index is 1070. The first-order valence-electron chi connectivity index (χ1n) is 12.3. The molecular weight excluding hydrogens is 424 g/mol. The van der Waals surface area contributed by atoms with Crippen LogP contribution < -0.4 is 4.90 Å². The molecule has 3 rings (SSSR count). The molecule has 0 aliphatic carbocycles. The summed E-state index contributed by atoms with van der Waals surface area (Å²) in [4.78, 5) is 34.9. The van der Waals surface area contributed by atoms with Crippen molar-refractivity contribution in [3.8, 4) is 0 Å². The van der Waals surface area contributed by atoms with Gasteiger partial charge in [0.25, 0.3) is 0 Å². The van der Waals surface area contributed by atoms with Crippen molar-refractivity contribution in [1.29, 1.82) is 0 Å². The fourth-order valence-corrected chi connectivity index (χ4v) is 4.13. The largest absolute Gasteiger partial charge is 0.378 e. The lowest BCUT2D eigenvalue weighted by atomic mass is 10.1. The highest BCUT2D eigenvalue weighted by atomic mass is 16.2. The summed E-state index contributed by atoms with van der Waals surface area (Å²) in [7, 11) is 4.03. The topological polar surface area (TPSA) is 59.7 Å². The molecule has 3 aromatic rings. The number of fused-ring (bicyclic) bond motifs is 1. The zero-order valence-electron chi connectivity index (χ0n) is 21.0. The van der Waals surface area contributed by atoms with Crippen LogP contribution in [-0.2, 0) is 22.6 Å². The fourth-order valence-electron chi connectivity index (χ4n) is 4.13. The van der Waals surface area contributed by atoms with Gasteiger partial charge in [-0.05, 0) is 42.2 Å². The molecule has 1 aromatic heterocycles. The Hall–Kier alpha value is -3.28. The number of carbonyl (C=O) groups is 2. The third-order valence-corrected chi connectivity index (χ3v) is 6.27. The summed E-state index contributed by atoms with van der Waals surface area (Å²) in [6.45, 7) is 5.84. The second-order valence-corrected chi connectivity index (χ2v) is 9.01. The number of aromatic amines is 1. The van der Waals surface area contributed by atoms with Gasteiger partial charge in [-0.15, -0.1) is 0 Å². The third kappa shape index (κ3) is 6.62. The van der Waals surface area contributed by atoms with E-state index >= 15 is 0 Å². The molecule has 0 aliphatic rings. The second-order valence-electron chi connectivity index (χ2n) is 9.01. The molecule has 0 saturated carbocycles. The van der Waals surface area contributed by atoms with E-state index in [1.165, 1.54) is 10.9 Å². The van der Waals surface area contributed by atoms with Gasteiger partial charge in [0.05, 0.1) is 6.54 Å². The molecule has 34 heavy (non-hydrogen) atoms. The number of amides is 2. The van der Waals surface area contributed by atoms with Crippen molar-refractivity contribution in [1.82, 2.24) is 14.8 Å². The van der Waals surface area contributed by atoms with Crippen molar-refractivity contribution in [2.75, 3.05) is 38.6 Å². The van der Waals surface area contributed by atoms with Gasteiger partial charge in [0, 0.05) is 62.9 Å². The van der Waals surface area contributed by atoms with Crippen molar-refractivity contribution in [3.63, 3.8) is 0 Å². The number of anilines is 1. The fraction of sp³-hybridized carbons (Fsp3) is 0.429. The summed E-state index contributed by atoms with van der Waals surface area (Å²) in [5.41, 5.74) is 4.51. The Kier molecular flexibility index (Phi) is 9.14. The molecule has 182 valence electrons. The molecule has 1 heterocycles. The van der Waals surface area contributed by atoms with Gasteiger partial charge in [-0.1, -0.05) is 50.6 Å². The number of unbranched alkanes of at least 4 members (excludes halogenated alkanes) is 1. The van der Waals surface area contributed by atoms with Crippen LogP contribution in [0.2, 0.25) is 0 Å². The maximum atomic E-state index is 13.5. The highest BCUT2D eigenvalue weighted by molar-refractivity contribution is 5.85. The van der Waals surface area contributed by atoms with Gasteiger partial charge in [0.2, 0.25) is 11.8 Å². The van der Waals surface area contributed by atoms with Crippen LogP contribution in [0, 0.1) is 0 Å². The lowest BCUT2D eigenvalue weighted by Crippen LogP contribution is -2.43. The van der Waals surface area contributed by atoms with E-state index in [0.717, 1.165) is 36.0 Å². The van der Waals surface area contributed by atoms with E-state index in [1.807, 2.05) is 44.2 Å². The zero-order valence-corrected chi connectivity index (χ0v) is 21.0. The number of aromatic nitrogens is 1. The first kappa shape index (κ1) is 25.3. The van der Waals surface area contributed by atoms with Gasteiger partial charge in [0.1, 0.15) is 0 Å².